The first-order valence-corrected chi connectivity index (χ1v) is 4.89. The quantitative estimate of drug-likeness (QED) is 0.366. The molecule has 0 fully saturated rings. The Kier molecular flexibility index (Phi) is 4.24. The third-order valence-electron chi connectivity index (χ3n) is 1.97. The van der Waals surface area contributed by atoms with E-state index < -0.39 is 10.9 Å². The van der Waals surface area contributed by atoms with Gasteiger partial charge in [-0.1, -0.05) is 11.6 Å². The smallest absolute Gasteiger partial charge is 0.338 e. The first kappa shape index (κ1) is 13.2. The standard InChI is InChI=1S/C9H10ClN3O4/c1-17-9(14)5-2-6(10)8(12-4-11)7(3-5)13(15)16/h2-3,12H,4,11H2,1H3. The largest absolute Gasteiger partial charge is 0.465 e. The van der Waals surface area contributed by atoms with E-state index in [0.717, 1.165) is 6.07 Å². The van der Waals surface area contributed by atoms with Crippen LogP contribution in [-0.2, 0) is 4.74 Å². The summed E-state index contributed by atoms with van der Waals surface area (Å²) in [5.74, 6) is -0.700. The molecule has 0 saturated heterocycles. The fourth-order valence-electron chi connectivity index (χ4n) is 1.25. The van der Waals surface area contributed by atoms with Gasteiger partial charge in [0.05, 0.1) is 29.3 Å². The molecule has 17 heavy (non-hydrogen) atoms. The van der Waals surface area contributed by atoms with E-state index in [0.29, 0.717) is 0 Å². The van der Waals surface area contributed by atoms with Gasteiger partial charge in [0, 0.05) is 6.07 Å². The van der Waals surface area contributed by atoms with E-state index in [1.807, 2.05) is 0 Å². The Labute approximate surface area is 102 Å². The van der Waals surface area contributed by atoms with E-state index in [9.17, 15) is 14.9 Å². The van der Waals surface area contributed by atoms with Gasteiger partial charge in [0.25, 0.3) is 5.69 Å². The molecule has 8 heteroatoms. The second-order valence-electron chi connectivity index (χ2n) is 2.98. The lowest BCUT2D eigenvalue weighted by Crippen LogP contribution is -2.13. The lowest BCUT2D eigenvalue weighted by atomic mass is 10.1. The lowest BCUT2D eigenvalue weighted by Gasteiger charge is -2.08. The summed E-state index contributed by atoms with van der Waals surface area (Å²) in [7, 11) is 1.17. The Balaban J connectivity index is 3.35. The van der Waals surface area contributed by atoms with Crippen LogP contribution in [0, 0.1) is 10.1 Å². The molecule has 3 N–H and O–H groups in total. The topological polar surface area (TPSA) is 107 Å². The minimum absolute atomic E-state index is 0.00627. The van der Waals surface area contributed by atoms with Crippen LogP contribution in [0.1, 0.15) is 10.4 Å². The number of hydrogen-bond acceptors (Lipinski definition) is 6. The molecule has 1 rings (SSSR count). The predicted molar refractivity (Wildman–Crippen MR) is 62.1 cm³/mol. The van der Waals surface area contributed by atoms with Crippen molar-refractivity contribution in [1.82, 2.24) is 0 Å². The van der Waals surface area contributed by atoms with Crippen LogP contribution < -0.4 is 11.1 Å². The Hall–Kier alpha value is -1.86. The zero-order valence-electron chi connectivity index (χ0n) is 8.90. The number of benzene rings is 1. The number of nitro benzene ring substituents is 1. The Morgan fingerprint density at radius 3 is 2.76 bits per heavy atom. The number of halogens is 1. The van der Waals surface area contributed by atoms with E-state index >= 15 is 0 Å². The van der Waals surface area contributed by atoms with Crippen LogP contribution in [0.2, 0.25) is 5.02 Å². The Morgan fingerprint density at radius 2 is 2.29 bits per heavy atom. The van der Waals surface area contributed by atoms with Gasteiger partial charge in [-0.05, 0) is 6.07 Å². The van der Waals surface area contributed by atoms with Gasteiger partial charge in [-0.3, -0.25) is 10.1 Å². The zero-order chi connectivity index (χ0) is 13.0. The summed E-state index contributed by atoms with van der Waals surface area (Å²) in [4.78, 5) is 21.4. The normalized spacial score (nSPS) is 9.82. The van der Waals surface area contributed by atoms with Gasteiger partial charge in [0.2, 0.25) is 0 Å². The van der Waals surface area contributed by atoms with Gasteiger partial charge < -0.3 is 15.8 Å². The number of nitrogens with zero attached hydrogens (tertiary/aromatic N) is 1. The maximum absolute atomic E-state index is 11.3. The SMILES string of the molecule is COC(=O)c1cc(Cl)c(NCN)c([N+](=O)[O-])c1. The number of carbonyl (C=O) groups excluding carboxylic acids is 1. The van der Waals surface area contributed by atoms with Crippen molar-refractivity contribution >= 4 is 28.9 Å². The van der Waals surface area contributed by atoms with Crippen molar-refractivity contribution in [2.45, 2.75) is 0 Å². The van der Waals surface area contributed by atoms with Gasteiger partial charge in [-0.25, -0.2) is 4.79 Å². The summed E-state index contributed by atoms with van der Waals surface area (Å²) in [6.07, 6.45) is 0. The maximum atomic E-state index is 11.3. The fourth-order valence-corrected chi connectivity index (χ4v) is 1.53. The number of anilines is 1. The van der Waals surface area contributed by atoms with Crippen molar-refractivity contribution in [3.8, 4) is 0 Å². The second-order valence-corrected chi connectivity index (χ2v) is 3.39. The van der Waals surface area contributed by atoms with Crippen molar-refractivity contribution in [1.29, 1.82) is 0 Å². The molecular weight excluding hydrogens is 250 g/mol. The second kappa shape index (κ2) is 5.46. The molecule has 0 aliphatic carbocycles. The van der Waals surface area contributed by atoms with Crippen molar-refractivity contribution in [3.63, 3.8) is 0 Å². The average molecular weight is 260 g/mol. The molecule has 0 bridgehead atoms. The van der Waals surface area contributed by atoms with Crippen LogP contribution in [0.15, 0.2) is 12.1 Å². The summed E-state index contributed by atoms with van der Waals surface area (Å²) >= 11 is 5.83. The van der Waals surface area contributed by atoms with Crippen LogP contribution in [0.5, 0.6) is 0 Å². The molecule has 0 aliphatic rings. The fraction of sp³-hybridized carbons (Fsp3) is 0.222. The van der Waals surface area contributed by atoms with Crippen molar-refractivity contribution in [2.75, 3.05) is 19.1 Å². The van der Waals surface area contributed by atoms with Crippen molar-refractivity contribution < 1.29 is 14.5 Å². The first-order chi connectivity index (χ1) is 8.01. The zero-order valence-corrected chi connectivity index (χ0v) is 9.65. The number of nitro groups is 1. The molecule has 1 aromatic rings. The summed E-state index contributed by atoms with van der Waals surface area (Å²) < 4.78 is 4.46. The maximum Gasteiger partial charge on any atom is 0.338 e. The molecule has 92 valence electrons. The van der Waals surface area contributed by atoms with E-state index in [1.54, 1.807) is 0 Å². The highest BCUT2D eigenvalue weighted by Crippen LogP contribution is 2.33. The van der Waals surface area contributed by atoms with Gasteiger partial charge in [0.15, 0.2) is 0 Å². The first-order valence-electron chi connectivity index (χ1n) is 4.51. The van der Waals surface area contributed by atoms with Crippen LogP contribution in [0.3, 0.4) is 0 Å². The summed E-state index contributed by atoms with van der Waals surface area (Å²) in [6, 6.07) is 2.36. The molecule has 0 aromatic heterocycles. The number of nitrogens with two attached hydrogens (primary N) is 1. The number of rotatable bonds is 4. The number of carbonyl (C=O) groups is 1. The van der Waals surface area contributed by atoms with Gasteiger partial charge >= 0.3 is 5.97 Å². The molecule has 0 unspecified atom stereocenters. The molecule has 1 aromatic carbocycles. The average Bonchev–Trinajstić information content (AvgIpc) is 2.30. The van der Waals surface area contributed by atoms with Crippen LogP contribution in [0.25, 0.3) is 0 Å². The Bertz CT molecular complexity index is 464. The van der Waals surface area contributed by atoms with Gasteiger partial charge in [-0.15, -0.1) is 0 Å². The highest BCUT2D eigenvalue weighted by Gasteiger charge is 2.21. The third kappa shape index (κ3) is 2.83. The predicted octanol–water partition coefficient (Wildman–Crippen LogP) is 1.36. The van der Waals surface area contributed by atoms with Crippen LogP contribution in [0.4, 0.5) is 11.4 Å². The number of hydrogen-bond donors (Lipinski definition) is 2. The molecule has 0 aliphatic heterocycles. The van der Waals surface area contributed by atoms with Crippen molar-refractivity contribution in [3.05, 3.63) is 32.8 Å². The van der Waals surface area contributed by atoms with Crippen LogP contribution >= 0.6 is 11.6 Å². The molecule has 7 nitrogen and oxygen atoms in total. The van der Waals surface area contributed by atoms with E-state index in [2.05, 4.69) is 10.1 Å². The van der Waals surface area contributed by atoms with E-state index in [1.165, 1.54) is 13.2 Å². The van der Waals surface area contributed by atoms with E-state index in [4.69, 9.17) is 17.3 Å². The molecule has 0 atom stereocenters. The van der Waals surface area contributed by atoms with Crippen molar-refractivity contribution in [2.24, 2.45) is 5.73 Å². The molecule has 0 radical (unpaired) electrons. The Morgan fingerprint density at radius 1 is 1.65 bits per heavy atom. The third-order valence-corrected chi connectivity index (χ3v) is 2.26. The van der Waals surface area contributed by atoms with Crippen LogP contribution in [-0.4, -0.2) is 24.7 Å². The van der Waals surface area contributed by atoms with E-state index in [-0.39, 0.29) is 28.6 Å². The minimum atomic E-state index is -0.700. The molecular formula is C9H10ClN3O4. The number of ether oxygens (including phenoxy) is 1. The van der Waals surface area contributed by atoms with Gasteiger partial charge in [0.1, 0.15) is 5.69 Å². The number of esters is 1. The summed E-state index contributed by atoms with van der Waals surface area (Å²) in [6.45, 7) is -0.0157. The summed E-state index contributed by atoms with van der Waals surface area (Å²) in [5.41, 5.74) is 4.99. The lowest BCUT2D eigenvalue weighted by molar-refractivity contribution is -0.384. The molecule has 0 amide bonds. The molecule has 0 saturated carbocycles. The molecule has 0 heterocycles. The monoisotopic (exact) mass is 259 g/mol. The highest BCUT2D eigenvalue weighted by atomic mass is 35.5. The molecule has 0 spiro atoms. The summed E-state index contributed by atoms with van der Waals surface area (Å²) in [5, 5.41) is 13.4. The minimum Gasteiger partial charge on any atom is -0.465 e. The highest BCUT2D eigenvalue weighted by molar-refractivity contribution is 6.34. The number of nitrogens with one attached hydrogen (secondary N) is 1. The number of methoxy groups -OCH3 is 1. The van der Waals surface area contributed by atoms with Gasteiger partial charge in [-0.2, -0.15) is 0 Å².